The fraction of sp³-hybridized carbons (Fsp3) is 0.381. The highest BCUT2D eigenvalue weighted by Crippen LogP contribution is 2.30. The first-order valence-corrected chi connectivity index (χ1v) is 10.9. The number of aromatic nitrogens is 3. The van der Waals surface area contributed by atoms with E-state index < -0.39 is 5.25 Å². The molecule has 1 aromatic carbocycles. The lowest BCUT2D eigenvalue weighted by Gasteiger charge is -2.13. The van der Waals surface area contributed by atoms with Crippen LogP contribution in [0.3, 0.4) is 0 Å². The normalized spacial score (nSPS) is 12.1. The van der Waals surface area contributed by atoms with Crippen molar-refractivity contribution in [2.24, 2.45) is 0 Å². The highest BCUT2D eigenvalue weighted by atomic mass is 32.2. The summed E-state index contributed by atoms with van der Waals surface area (Å²) >= 11 is 1.22. The Morgan fingerprint density at radius 3 is 2.52 bits per heavy atom. The van der Waals surface area contributed by atoms with Crippen LogP contribution in [0, 0.1) is 13.8 Å². The van der Waals surface area contributed by atoms with Crippen LogP contribution in [0.15, 0.2) is 33.3 Å². The van der Waals surface area contributed by atoms with E-state index in [9.17, 15) is 9.59 Å². The van der Waals surface area contributed by atoms with Crippen molar-refractivity contribution in [3.8, 4) is 11.5 Å². The molecular weight excluding hydrogens is 418 g/mol. The van der Waals surface area contributed by atoms with Crippen LogP contribution in [0.4, 0.5) is 11.5 Å². The Morgan fingerprint density at radius 2 is 1.87 bits per heavy atom. The fourth-order valence-corrected chi connectivity index (χ4v) is 3.38. The average molecular weight is 444 g/mol. The Balaban J connectivity index is 1.63. The summed E-state index contributed by atoms with van der Waals surface area (Å²) in [6.07, 6.45) is 0. The van der Waals surface area contributed by atoms with E-state index in [1.165, 1.54) is 11.8 Å². The summed E-state index contributed by atoms with van der Waals surface area (Å²) in [5.74, 6) is 1.65. The standard InChI is InChI=1S/C21H25N5O4S/c1-11(2)19-24-21(30-26-19)15-8-6-7-12(3)18(15)23-17(27)10-31-14(5)20(28)22-16-9-13(4)29-25-16/h6-9,11,14H,10H2,1-5H3,(H,23,27)(H,22,25,28). The van der Waals surface area contributed by atoms with Gasteiger partial charge in [0.05, 0.1) is 22.3 Å². The lowest BCUT2D eigenvalue weighted by Crippen LogP contribution is -2.25. The molecule has 164 valence electrons. The second kappa shape index (κ2) is 9.78. The maximum Gasteiger partial charge on any atom is 0.260 e. The van der Waals surface area contributed by atoms with Crippen LogP contribution in [-0.4, -0.2) is 38.1 Å². The van der Waals surface area contributed by atoms with E-state index in [2.05, 4.69) is 25.9 Å². The smallest absolute Gasteiger partial charge is 0.260 e. The second-order valence-electron chi connectivity index (χ2n) is 7.42. The van der Waals surface area contributed by atoms with E-state index in [1.807, 2.05) is 39.0 Å². The molecule has 2 aromatic heterocycles. The number of anilines is 2. The topological polar surface area (TPSA) is 123 Å². The maximum atomic E-state index is 12.6. The lowest BCUT2D eigenvalue weighted by atomic mass is 10.1. The molecular formula is C21H25N5O4S. The molecule has 2 N–H and O–H groups in total. The Kier molecular flexibility index (Phi) is 7.11. The summed E-state index contributed by atoms with van der Waals surface area (Å²) < 4.78 is 10.3. The second-order valence-corrected chi connectivity index (χ2v) is 8.75. The minimum atomic E-state index is -0.455. The minimum Gasteiger partial charge on any atom is -0.360 e. The first-order chi connectivity index (χ1) is 14.7. The summed E-state index contributed by atoms with van der Waals surface area (Å²) in [4.78, 5) is 29.3. The van der Waals surface area contributed by atoms with Gasteiger partial charge in [0.2, 0.25) is 11.8 Å². The Bertz CT molecular complexity index is 1080. The van der Waals surface area contributed by atoms with Gasteiger partial charge >= 0.3 is 0 Å². The van der Waals surface area contributed by atoms with Crippen molar-refractivity contribution in [2.45, 2.75) is 45.8 Å². The van der Waals surface area contributed by atoms with Crippen LogP contribution >= 0.6 is 11.8 Å². The number of carbonyl (C=O) groups is 2. The van der Waals surface area contributed by atoms with Crippen molar-refractivity contribution in [3.05, 3.63) is 41.4 Å². The highest BCUT2D eigenvalue weighted by molar-refractivity contribution is 8.01. The van der Waals surface area contributed by atoms with Gasteiger partial charge in [-0.1, -0.05) is 36.3 Å². The van der Waals surface area contributed by atoms with Crippen LogP contribution in [0.5, 0.6) is 0 Å². The molecule has 0 saturated heterocycles. The summed E-state index contributed by atoms with van der Waals surface area (Å²) in [5.41, 5.74) is 2.14. The molecule has 0 spiro atoms. The van der Waals surface area contributed by atoms with Crippen molar-refractivity contribution in [1.82, 2.24) is 15.3 Å². The molecule has 3 rings (SSSR count). The number of nitrogens with one attached hydrogen (secondary N) is 2. The molecule has 0 bridgehead atoms. The van der Waals surface area contributed by atoms with Gasteiger partial charge in [-0.25, -0.2) is 0 Å². The molecule has 1 unspecified atom stereocenters. The molecule has 0 radical (unpaired) electrons. The third-order valence-electron chi connectivity index (χ3n) is 4.44. The van der Waals surface area contributed by atoms with Crippen molar-refractivity contribution in [1.29, 1.82) is 0 Å². The van der Waals surface area contributed by atoms with Crippen LogP contribution in [0.2, 0.25) is 0 Å². The number of rotatable bonds is 8. The van der Waals surface area contributed by atoms with Crippen LogP contribution < -0.4 is 10.6 Å². The Hall–Kier alpha value is -3.14. The molecule has 0 fully saturated rings. The van der Waals surface area contributed by atoms with Gasteiger partial charge in [-0.05, 0) is 32.4 Å². The third-order valence-corrected chi connectivity index (χ3v) is 5.58. The van der Waals surface area contributed by atoms with Gasteiger partial charge in [-0.2, -0.15) is 4.98 Å². The van der Waals surface area contributed by atoms with Crippen LogP contribution in [-0.2, 0) is 9.59 Å². The first kappa shape index (κ1) is 22.5. The number of hydrogen-bond donors (Lipinski definition) is 2. The molecule has 31 heavy (non-hydrogen) atoms. The zero-order valence-electron chi connectivity index (χ0n) is 18.1. The van der Waals surface area contributed by atoms with Crippen molar-refractivity contribution >= 4 is 35.1 Å². The number of hydrogen-bond acceptors (Lipinski definition) is 8. The summed E-state index contributed by atoms with van der Waals surface area (Å²) in [5, 5.41) is 12.9. The van der Waals surface area contributed by atoms with Gasteiger partial charge in [0, 0.05) is 12.0 Å². The number of benzene rings is 1. The number of aryl methyl sites for hydroxylation is 2. The van der Waals surface area contributed by atoms with Gasteiger partial charge in [0.1, 0.15) is 5.76 Å². The SMILES string of the molecule is Cc1cc(NC(=O)C(C)SCC(=O)Nc2c(C)cccc2-c2nc(C(C)C)no2)no1. The fourth-order valence-electron chi connectivity index (χ4n) is 2.70. The molecule has 0 aliphatic rings. The molecule has 9 nitrogen and oxygen atoms in total. The zero-order chi connectivity index (χ0) is 22.5. The molecule has 3 aromatic rings. The summed E-state index contributed by atoms with van der Waals surface area (Å²) in [7, 11) is 0. The quantitative estimate of drug-likeness (QED) is 0.532. The van der Waals surface area contributed by atoms with Crippen molar-refractivity contribution < 1.29 is 18.6 Å². The zero-order valence-corrected chi connectivity index (χ0v) is 18.9. The maximum absolute atomic E-state index is 12.6. The Morgan fingerprint density at radius 1 is 1.10 bits per heavy atom. The number of carbonyl (C=O) groups excluding carboxylic acids is 2. The monoisotopic (exact) mass is 443 g/mol. The minimum absolute atomic E-state index is 0.0985. The number of nitrogens with zero attached hydrogens (tertiary/aromatic N) is 3. The van der Waals surface area contributed by atoms with Crippen molar-refractivity contribution in [3.63, 3.8) is 0 Å². The van der Waals surface area contributed by atoms with E-state index >= 15 is 0 Å². The van der Waals surface area contributed by atoms with Gasteiger partial charge in [0.25, 0.3) is 5.89 Å². The molecule has 0 saturated carbocycles. The van der Waals surface area contributed by atoms with Crippen LogP contribution in [0.1, 0.15) is 43.8 Å². The number of para-hydroxylation sites is 1. The van der Waals surface area contributed by atoms with Gasteiger partial charge in [-0.15, -0.1) is 11.8 Å². The van der Waals surface area contributed by atoms with Crippen molar-refractivity contribution in [2.75, 3.05) is 16.4 Å². The van der Waals surface area contributed by atoms with E-state index in [-0.39, 0.29) is 23.5 Å². The summed E-state index contributed by atoms with van der Waals surface area (Å²) in [6, 6.07) is 7.21. The molecule has 2 heterocycles. The average Bonchev–Trinajstić information content (AvgIpc) is 3.37. The van der Waals surface area contributed by atoms with E-state index in [0.29, 0.717) is 34.5 Å². The number of thioether (sulfide) groups is 1. The lowest BCUT2D eigenvalue weighted by molar-refractivity contribution is -0.115. The summed E-state index contributed by atoms with van der Waals surface area (Å²) in [6.45, 7) is 9.31. The van der Waals surface area contributed by atoms with Gasteiger partial charge in [0.15, 0.2) is 11.6 Å². The molecule has 0 aliphatic heterocycles. The van der Waals surface area contributed by atoms with Crippen LogP contribution in [0.25, 0.3) is 11.5 Å². The predicted molar refractivity (Wildman–Crippen MR) is 119 cm³/mol. The largest absolute Gasteiger partial charge is 0.360 e. The molecule has 2 amide bonds. The molecule has 1 atom stereocenters. The first-order valence-electron chi connectivity index (χ1n) is 9.83. The van der Waals surface area contributed by atoms with E-state index in [0.717, 1.165) is 5.56 Å². The number of amides is 2. The predicted octanol–water partition coefficient (Wildman–Crippen LogP) is 4.16. The van der Waals surface area contributed by atoms with E-state index in [1.54, 1.807) is 19.9 Å². The van der Waals surface area contributed by atoms with E-state index in [4.69, 9.17) is 9.05 Å². The van der Waals surface area contributed by atoms with Gasteiger partial charge < -0.3 is 19.7 Å². The molecule has 0 aliphatic carbocycles. The van der Waals surface area contributed by atoms with Gasteiger partial charge in [-0.3, -0.25) is 9.59 Å². The third kappa shape index (κ3) is 5.72. The molecule has 10 heteroatoms. The highest BCUT2D eigenvalue weighted by Gasteiger charge is 2.20. The Labute approximate surface area is 184 Å².